The van der Waals surface area contributed by atoms with Gasteiger partial charge in [0.05, 0.1) is 12.3 Å². The van der Waals surface area contributed by atoms with Gasteiger partial charge in [-0.1, -0.05) is 133 Å². The molecule has 0 atom stereocenters. The van der Waals surface area contributed by atoms with E-state index in [0.717, 1.165) is 65.4 Å². The standard InChI is InChI=1S/C44H26O/c1-2-12-29-25-42-40(24-28(29)11-1)34-23-21-30(26-41(34)45-42)43-36-14-5-7-16-38(36)44(39-17-8-6-15-37(39)43)35-19-9-18-32-31-13-4-3-10-27(31)20-22-33(32)35/h1-26H/i3D,4D,9D,10D,13D,18D,19D,20D,22D. The zero-order valence-electron chi connectivity index (χ0n) is 32.7. The van der Waals surface area contributed by atoms with Crippen molar-refractivity contribution >= 4 is 75.8 Å². The van der Waals surface area contributed by atoms with Crippen LogP contribution in [0.15, 0.2) is 162 Å². The summed E-state index contributed by atoms with van der Waals surface area (Å²) in [7, 11) is 0. The zero-order chi connectivity index (χ0) is 37.3. The van der Waals surface area contributed by atoms with Crippen LogP contribution in [0.5, 0.6) is 0 Å². The Morgan fingerprint density at radius 2 is 1.02 bits per heavy atom. The third kappa shape index (κ3) is 3.56. The van der Waals surface area contributed by atoms with Crippen LogP contribution in [0.3, 0.4) is 0 Å². The Morgan fingerprint density at radius 3 is 1.80 bits per heavy atom. The molecule has 0 N–H and O–H groups in total. The van der Waals surface area contributed by atoms with E-state index in [2.05, 4.69) is 36.4 Å². The fraction of sp³-hybridized carbons (Fsp3) is 0. The minimum atomic E-state index is -0.545. The van der Waals surface area contributed by atoms with E-state index in [1.54, 1.807) is 0 Å². The minimum Gasteiger partial charge on any atom is -0.456 e. The second-order valence-corrected chi connectivity index (χ2v) is 11.3. The molecule has 0 aliphatic carbocycles. The van der Waals surface area contributed by atoms with Crippen LogP contribution in [0.2, 0.25) is 0 Å². The maximum absolute atomic E-state index is 9.35. The second kappa shape index (κ2) is 9.29. The number of furan rings is 1. The molecule has 0 fully saturated rings. The lowest BCUT2D eigenvalue weighted by molar-refractivity contribution is 0.669. The van der Waals surface area contributed by atoms with Crippen molar-refractivity contribution in [3.05, 3.63) is 158 Å². The predicted molar refractivity (Wildman–Crippen MR) is 192 cm³/mol. The number of benzene rings is 9. The van der Waals surface area contributed by atoms with Crippen LogP contribution < -0.4 is 0 Å². The molecule has 0 spiro atoms. The van der Waals surface area contributed by atoms with Crippen LogP contribution in [0.4, 0.5) is 0 Å². The largest absolute Gasteiger partial charge is 0.456 e. The van der Waals surface area contributed by atoms with Crippen molar-refractivity contribution < 1.29 is 16.8 Å². The predicted octanol–water partition coefficient (Wildman–Crippen LogP) is 12.7. The Hall–Kier alpha value is -5.92. The maximum Gasteiger partial charge on any atom is 0.136 e. The van der Waals surface area contributed by atoms with Gasteiger partial charge in [-0.05, 0) is 100 Å². The smallest absolute Gasteiger partial charge is 0.136 e. The van der Waals surface area contributed by atoms with E-state index in [1.165, 1.54) is 0 Å². The molecule has 1 aromatic heterocycles. The van der Waals surface area contributed by atoms with Crippen molar-refractivity contribution in [2.24, 2.45) is 0 Å². The fourth-order valence-corrected chi connectivity index (χ4v) is 6.95. The van der Waals surface area contributed by atoms with Crippen molar-refractivity contribution in [1.29, 1.82) is 0 Å². The van der Waals surface area contributed by atoms with E-state index >= 15 is 0 Å². The number of fused-ring (bicyclic) bond motifs is 9. The summed E-state index contributed by atoms with van der Waals surface area (Å²) in [4.78, 5) is 0. The van der Waals surface area contributed by atoms with Crippen LogP contribution in [-0.4, -0.2) is 0 Å². The Kier molecular flexibility index (Phi) is 3.59. The molecule has 0 saturated heterocycles. The van der Waals surface area contributed by atoms with E-state index in [1.807, 2.05) is 66.7 Å². The minimum absolute atomic E-state index is 0.0302. The van der Waals surface area contributed by atoms with Gasteiger partial charge in [-0.3, -0.25) is 0 Å². The lowest BCUT2D eigenvalue weighted by atomic mass is 9.84. The van der Waals surface area contributed by atoms with E-state index in [9.17, 15) is 2.74 Å². The molecule has 10 aromatic rings. The summed E-state index contributed by atoms with van der Waals surface area (Å²) in [5, 5.41) is 7.04. The summed E-state index contributed by atoms with van der Waals surface area (Å²) in [6.45, 7) is 0. The molecule has 10 rings (SSSR count). The first-order valence-electron chi connectivity index (χ1n) is 19.3. The molecular weight excluding hydrogens is 544 g/mol. The molecule has 1 heterocycles. The second-order valence-electron chi connectivity index (χ2n) is 11.3. The normalized spacial score (nSPS) is 14.8. The highest BCUT2D eigenvalue weighted by molar-refractivity contribution is 6.25. The van der Waals surface area contributed by atoms with Gasteiger partial charge in [-0.2, -0.15) is 0 Å². The quantitative estimate of drug-likeness (QED) is 0.147. The van der Waals surface area contributed by atoms with E-state index in [0.29, 0.717) is 5.56 Å². The highest BCUT2D eigenvalue weighted by Crippen LogP contribution is 2.46. The number of rotatable bonds is 2. The topological polar surface area (TPSA) is 13.1 Å². The average molecular weight is 580 g/mol. The molecule has 45 heavy (non-hydrogen) atoms. The van der Waals surface area contributed by atoms with Crippen molar-refractivity contribution in [2.45, 2.75) is 0 Å². The van der Waals surface area contributed by atoms with E-state index in [-0.39, 0.29) is 39.2 Å². The van der Waals surface area contributed by atoms with Gasteiger partial charge >= 0.3 is 0 Å². The lowest BCUT2D eigenvalue weighted by Crippen LogP contribution is -1.91. The highest BCUT2D eigenvalue weighted by atomic mass is 16.3. The summed E-state index contributed by atoms with van der Waals surface area (Å²) < 4.78 is 86.4. The summed E-state index contributed by atoms with van der Waals surface area (Å²) in [6, 6.07) is 30.0. The van der Waals surface area contributed by atoms with Gasteiger partial charge in [0, 0.05) is 10.8 Å². The van der Waals surface area contributed by atoms with Gasteiger partial charge in [0.2, 0.25) is 0 Å². The molecule has 0 unspecified atom stereocenters. The van der Waals surface area contributed by atoms with Crippen molar-refractivity contribution in [1.82, 2.24) is 0 Å². The molecule has 1 nitrogen and oxygen atoms in total. The van der Waals surface area contributed by atoms with Crippen LogP contribution >= 0.6 is 0 Å². The Bertz CT molecular complexity index is 3270. The molecule has 0 aliphatic rings. The van der Waals surface area contributed by atoms with Gasteiger partial charge < -0.3 is 4.42 Å². The monoisotopic (exact) mass is 579 g/mol. The van der Waals surface area contributed by atoms with Gasteiger partial charge in [0.15, 0.2) is 0 Å². The SMILES string of the molecule is [2H]c1c([2H])c([2H])c2c(c1[2H])c([2H])c([2H])c1c(-c3c4ccccc4c(-c4ccc5c(c4)oc4cc6ccccc6cc45)c4ccccc34)c([2H])c([2H])c([2H])c12. The van der Waals surface area contributed by atoms with Gasteiger partial charge in [0.25, 0.3) is 0 Å². The summed E-state index contributed by atoms with van der Waals surface area (Å²) >= 11 is 0. The summed E-state index contributed by atoms with van der Waals surface area (Å²) in [5.41, 5.74) is 4.05. The van der Waals surface area contributed by atoms with Crippen LogP contribution in [0, 0.1) is 0 Å². The third-order valence-electron chi connectivity index (χ3n) is 8.93. The van der Waals surface area contributed by atoms with Crippen molar-refractivity contribution in [3.8, 4) is 22.3 Å². The highest BCUT2D eigenvalue weighted by Gasteiger charge is 2.19. The molecule has 1 heteroatoms. The third-order valence-corrected chi connectivity index (χ3v) is 8.93. The van der Waals surface area contributed by atoms with E-state index < -0.39 is 42.3 Å². The molecule has 0 saturated carbocycles. The van der Waals surface area contributed by atoms with Gasteiger partial charge in [0.1, 0.15) is 11.2 Å². The number of hydrogen-bond acceptors (Lipinski definition) is 1. The molecule has 208 valence electrons. The summed E-state index contributed by atoms with van der Waals surface area (Å²) in [6.07, 6.45) is 0. The van der Waals surface area contributed by atoms with E-state index in [4.69, 9.17) is 14.0 Å². The number of hydrogen-bond donors (Lipinski definition) is 0. The fourth-order valence-electron chi connectivity index (χ4n) is 6.95. The molecule has 0 radical (unpaired) electrons. The molecule has 0 amide bonds. The molecule has 9 aromatic carbocycles. The average Bonchev–Trinajstić information content (AvgIpc) is 3.54. The Labute approximate surface area is 272 Å². The van der Waals surface area contributed by atoms with Gasteiger partial charge in [-0.25, -0.2) is 0 Å². The first-order valence-corrected chi connectivity index (χ1v) is 14.8. The van der Waals surface area contributed by atoms with Crippen molar-refractivity contribution in [2.75, 3.05) is 0 Å². The van der Waals surface area contributed by atoms with Crippen LogP contribution in [0.1, 0.15) is 12.3 Å². The Morgan fingerprint density at radius 1 is 0.378 bits per heavy atom. The van der Waals surface area contributed by atoms with Gasteiger partial charge in [-0.15, -0.1) is 0 Å². The summed E-state index contributed by atoms with van der Waals surface area (Å²) in [5.74, 6) is 0. The maximum atomic E-state index is 9.35. The van der Waals surface area contributed by atoms with Crippen molar-refractivity contribution in [3.63, 3.8) is 0 Å². The molecule has 0 aliphatic heterocycles. The lowest BCUT2D eigenvalue weighted by Gasteiger charge is -2.19. The van der Waals surface area contributed by atoms with Crippen LogP contribution in [-0.2, 0) is 0 Å². The Balaban J connectivity index is 1.34. The first-order chi connectivity index (χ1) is 26.1. The zero-order valence-corrected chi connectivity index (χ0v) is 23.7. The first kappa shape index (κ1) is 17.4. The molecule has 0 bridgehead atoms. The van der Waals surface area contributed by atoms with Crippen LogP contribution in [0.25, 0.3) is 98.1 Å². The molecular formula is C44H26O.